The molecule has 1 amide bonds. The Balaban J connectivity index is 1.73. The van der Waals surface area contributed by atoms with E-state index in [0.717, 1.165) is 28.9 Å². The van der Waals surface area contributed by atoms with Crippen molar-refractivity contribution in [2.75, 3.05) is 23.3 Å². The Morgan fingerprint density at radius 2 is 2.09 bits per heavy atom. The highest BCUT2D eigenvalue weighted by atomic mass is 79.9. The number of anilines is 2. The number of pyridine rings is 1. The molecule has 2 heterocycles. The SMILES string of the molecule is CC1CCCN(c2cncc(C(=O)Nc3ccc(Br)cc3)c2)C1. The summed E-state index contributed by atoms with van der Waals surface area (Å²) >= 11 is 3.39. The van der Waals surface area contributed by atoms with Gasteiger partial charge in [0.15, 0.2) is 0 Å². The highest BCUT2D eigenvalue weighted by molar-refractivity contribution is 9.10. The van der Waals surface area contributed by atoms with Gasteiger partial charge in [0.05, 0.1) is 17.4 Å². The fourth-order valence-electron chi connectivity index (χ4n) is 2.89. The zero-order valence-corrected chi connectivity index (χ0v) is 14.7. The third-order valence-corrected chi connectivity index (χ3v) is 4.64. The molecule has 0 saturated carbocycles. The van der Waals surface area contributed by atoms with Crippen LogP contribution in [-0.2, 0) is 0 Å². The summed E-state index contributed by atoms with van der Waals surface area (Å²) in [5, 5.41) is 2.91. The minimum atomic E-state index is -0.133. The van der Waals surface area contributed by atoms with Gasteiger partial charge in [-0.25, -0.2) is 0 Å². The minimum absolute atomic E-state index is 0.133. The van der Waals surface area contributed by atoms with Gasteiger partial charge in [0.1, 0.15) is 0 Å². The molecule has 4 nitrogen and oxygen atoms in total. The van der Waals surface area contributed by atoms with Crippen LogP contribution in [0.1, 0.15) is 30.1 Å². The van der Waals surface area contributed by atoms with Crippen LogP contribution in [0, 0.1) is 5.92 Å². The number of rotatable bonds is 3. The quantitative estimate of drug-likeness (QED) is 0.870. The summed E-state index contributed by atoms with van der Waals surface area (Å²) in [6.45, 7) is 4.33. The van der Waals surface area contributed by atoms with E-state index in [1.165, 1.54) is 12.8 Å². The number of nitrogens with zero attached hydrogens (tertiary/aromatic N) is 2. The molecule has 23 heavy (non-hydrogen) atoms. The first-order chi connectivity index (χ1) is 11.1. The van der Waals surface area contributed by atoms with Gasteiger partial charge in [-0.05, 0) is 49.1 Å². The van der Waals surface area contributed by atoms with E-state index in [9.17, 15) is 4.79 Å². The summed E-state index contributed by atoms with van der Waals surface area (Å²) in [5.41, 5.74) is 2.39. The molecule has 1 saturated heterocycles. The summed E-state index contributed by atoms with van der Waals surface area (Å²) in [4.78, 5) is 19.0. The van der Waals surface area contributed by atoms with Crippen LogP contribution in [0.2, 0.25) is 0 Å². The van der Waals surface area contributed by atoms with Crippen molar-refractivity contribution in [2.45, 2.75) is 19.8 Å². The van der Waals surface area contributed by atoms with E-state index in [4.69, 9.17) is 0 Å². The fraction of sp³-hybridized carbons (Fsp3) is 0.333. The Bertz CT molecular complexity index is 687. The number of halogens is 1. The van der Waals surface area contributed by atoms with Crippen molar-refractivity contribution in [1.82, 2.24) is 4.98 Å². The van der Waals surface area contributed by atoms with Crippen molar-refractivity contribution < 1.29 is 4.79 Å². The number of piperidine rings is 1. The van der Waals surface area contributed by atoms with Crippen LogP contribution < -0.4 is 10.2 Å². The van der Waals surface area contributed by atoms with E-state index in [1.54, 1.807) is 6.20 Å². The van der Waals surface area contributed by atoms with Gasteiger partial charge >= 0.3 is 0 Å². The van der Waals surface area contributed by atoms with Crippen molar-refractivity contribution in [1.29, 1.82) is 0 Å². The van der Waals surface area contributed by atoms with Crippen LogP contribution in [0.5, 0.6) is 0 Å². The lowest BCUT2D eigenvalue weighted by Gasteiger charge is -2.32. The molecule has 1 N–H and O–H groups in total. The Hall–Kier alpha value is -1.88. The molecule has 1 aromatic heterocycles. The molecule has 5 heteroatoms. The van der Waals surface area contributed by atoms with Crippen molar-refractivity contribution in [3.05, 3.63) is 52.8 Å². The van der Waals surface area contributed by atoms with Crippen molar-refractivity contribution in [3.8, 4) is 0 Å². The van der Waals surface area contributed by atoms with Crippen molar-refractivity contribution in [3.63, 3.8) is 0 Å². The topological polar surface area (TPSA) is 45.2 Å². The van der Waals surface area contributed by atoms with E-state index in [1.807, 2.05) is 36.5 Å². The van der Waals surface area contributed by atoms with E-state index in [-0.39, 0.29) is 5.91 Å². The number of hydrogen-bond donors (Lipinski definition) is 1. The van der Waals surface area contributed by atoms with Crippen molar-refractivity contribution >= 4 is 33.2 Å². The first-order valence-electron chi connectivity index (χ1n) is 7.89. The lowest BCUT2D eigenvalue weighted by molar-refractivity contribution is 0.102. The summed E-state index contributed by atoms with van der Waals surface area (Å²) in [7, 11) is 0. The van der Waals surface area contributed by atoms with E-state index < -0.39 is 0 Å². The van der Waals surface area contributed by atoms with Gasteiger partial charge in [-0.1, -0.05) is 22.9 Å². The van der Waals surface area contributed by atoms with Crippen LogP contribution in [0.15, 0.2) is 47.2 Å². The van der Waals surface area contributed by atoms with Crippen molar-refractivity contribution in [2.24, 2.45) is 5.92 Å². The Morgan fingerprint density at radius 1 is 1.30 bits per heavy atom. The normalized spacial score (nSPS) is 17.8. The molecular formula is C18H20BrN3O. The smallest absolute Gasteiger partial charge is 0.257 e. The second-order valence-corrected chi connectivity index (χ2v) is 7.00. The van der Waals surface area contributed by atoms with Gasteiger partial charge in [0.2, 0.25) is 0 Å². The molecular weight excluding hydrogens is 354 g/mol. The summed E-state index contributed by atoms with van der Waals surface area (Å²) in [6.07, 6.45) is 5.92. The van der Waals surface area contributed by atoms with E-state index in [2.05, 4.69) is 38.1 Å². The highest BCUT2D eigenvalue weighted by Crippen LogP contribution is 2.23. The van der Waals surface area contributed by atoms with Crippen LogP contribution >= 0.6 is 15.9 Å². The number of amides is 1. The van der Waals surface area contributed by atoms with E-state index in [0.29, 0.717) is 11.5 Å². The number of nitrogens with one attached hydrogen (secondary N) is 1. The number of benzene rings is 1. The molecule has 1 atom stereocenters. The molecule has 0 aliphatic carbocycles. The van der Waals surface area contributed by atoms with Gasteiger partial charge in [-0.2, -0.15) is 0 Å². The third-order valence-electron chi connectivity index (χ3n) is 4.11. The van der Waals surface area contributed by atoms with Gasteiger partial charge in [-0.3, -0.25) is 9.78 Å². The highest BCUT2D eigenvalue weighted by Gasteiger charge is 2.18. The zero-order valence-electron chi connectivity index (χ0n) is 13.1. The maximum atomic E-state index is 12.4. The average Bonchev–Trinajstić information content (AvgIpc) is 2.57. The van der Waals surface area contributed by atoms with Gasteiger partial charge in [0.25, 0.3) is 5.91 Å². The summed E-state index contributed by atoms with van der Waals surface area (Å²) in [5.74, 6) is 0.552. The average molecular weight is 374 g/mol. The number of aromatic nitrogens is 1. The fourth-order valence-corrected chi connectivity index (χ4v) is 3.15. The second kappa shape index (κ2) is 7.13. The Labute approximate surface area is 145 Å². The number of hydrogen-bond acceptors (Lipinski definition) is 3. The maximum absolute atomic E-state index is 12.4. The molecule has 0 spiro atoms. The third kappa shape index (κ3) is 4.10. The van der Waals surface area contributed by atoms with Gasteiger partial charge in [-0.15, -0.1) is 0 Å². The number of carbonyl (C=O) groups excluding carboxylic acids is 1. The largest absolute Gasteiger partial charge is 0.370 e. The molecule has 1 aliphatic heterocycles. The van der Waals surface area contributed by atoms with Crippen LogP contribution in [0.4, 0.5) is 11.4 Å². The van der Waals surface area contributed by atoms with Crippen LogP contribution in [0.3, 0.4) is 0 Å². The summed E-state index contributed by atoms with van der Waals surface area (Å²) in [6, 6.07) is 9.47. The minimum Gasteiger partial charge on any atom is -0.370 e. The van der Waals surface area contributed by atoms with Crippen LogP contribution in [-0.4, -0.2) is 24.0 Å². The predicted octanol–water partition coefficient (Wildman–Crippen LogP) is 4.33. The number of carbonyl (C=O) groups is 1. The lowest BCUT2D eigenvalue weighted by atomic mass is 10.00. The first-order valence-corrected chi connectivity index (χ1v) is 8.68. The molecule has 0 radical (unpaired) electrons. The molecule has 3 rings (SSSR count). The molecule has 1 unspecified atom stereocenters. The zero-order chi connectivity index (χ0) is 16.2. The first kappa shape index (κ1) is 16.0. The molecule has 120 valence electrons. The lowest BCUT2D eigenvalue weighted by Crippen LogP contribution is -2.34. The summed E-state index contributed by atoms with van der Waals surface area (Å²) < 4.78 is 0.985. The molecule has 1 aliphatic rings. The monoisotopic (exact) mass is 373 g/mol. The molecule has 2 aromatic rings. The van der Waals surface area contributed by atoms with Gasteiger partial charge in [0, 0.05) is 29.4 Å². The molecule has 1 aromatic carbocycles. The predicted molar refractivity (Wildman–Crippen MR) is 96.9 cm³/mol. The maximum Gasteiger partial charge on any atom is 0.257 e. The van der Waals surface area contributed by atoms with E-state index >= 15 is 0 Å². The Morgan fingerprint density at radius 3 is 2.83 bits per heavy atom. The Kier molecular flexibility index (Phi) is 4.96. The van der Waals surface area contributed by atoms with Gasteiger partial charge < -0.3 is 10.2 Å². The standard InChI is InChI=1S/C18H20BrN3O/c1-13-3-2-8-22(12-13)17-9-14(10-20-11-17)18(23)21-16-6-4-15(19)5-7-16/h4-7,9-11,13H,2-3,8,12H2,1H3,(H,21,23). The van der Waals surface area contributed by atoms with Crippen LogP contribution in [0.25, 0.3) is 0 Å². The second-order valence-electron chi connectivity index (χ2n) is 6.09. The molecule has 0 bridgehead atoms. The molecule has 1 fully saturated rings.